The van der Waals surface area contributed by atoms with E-state index in [-0.39, 0.29) is 30.0 Å². The van der Waals surface area contributed by atoms with Crippen molar-refractivity contribution < 1.29 is 41.8 Å². The average Bonchev–Trinajstić information content (AvgIpc) is 3.11. The van der Waals surface area contributed by atoms with E-state index in [0.29, 0.717) is 12.8 Å². The van der Waals surface area contributed by atoms with Crippen LogP contribution in [0.5, 0.6) is 0 Å². The highest BCUT2D eigenvalue weighted by Gasteiger charge is 2.36. The summed E-state index contributed by atoms with van der Waals surface area (Å²) in [5, 5.41) is 5.69. The maximum Gasteiger partial charge on any atom is 0.407 e. The van der Waals surface area contributed by atoms with Gasteiger partial charge in [0.25, 0.3) is 0 Å². The summed E-state index contributed by atoms with van der Waals surface area (Å²) in [6.07, 6.45) is 0.100. The number of hydrogen-bond donors (Lipinski definition) is 2. The van der Waals surface area contributed by atoms with Crippen molar-refractivity contribution in [2.45, 2.75) is 69.0 Å². The molecule has 3 atom stereocenters. The van der Waals surface area contributed by atoms with Crippen molar-refractivity contribution in [3.05, 3.63) is 102 Å². The molecule has 0 aliphatic rings. The number of esters is 2. The van der Waals surface area contributed by atoms with Gasteiger partial charge < -0.3 is 24.8 Å². The summed E-state index contributed by atoms with van der Waals surface area (Å²) in [7, 11) is -1.71. The highest BCUT2D eigenvalue weighted by molar-refractivity contribution is 7.89. The number of alkyl carbamates (subject to hydrolysis) is 1. The van der Waals surface area contributed by atoms with Gasteiger partial charge in [0.15, 0.2) is 0 Å². The summed E-state index contributed by atoms with van der Waals surface area (Å²) in [6, 6.07) is 21.4. The molecule has 0 fully saturated rings. The number of sulfonamides is 1. The highest BCUT2D eigenvalue weighted by atomic mass is 32.2. The van der Waals surface area contributed by atoms with Crippen LogP contribution in [0.3, 0.4) is 0 Å². The molecular formula is C36H45N3O9S. The first-order valence-electron chi connectivity index (χ1n) is 16.1. The van der Waals surface area contributed by atoms with E-state index in [2.05, 4.69) is 10.6 Å². The van der Waals surface area contributed by atoms with Gasteiger partial charge in [-0.1, -0.05) is 67.6 Å². The fourth-order valence-electron chi connectivity index (χ4n) is 5.60. The lowest BCUT2D eigenvalue weighted by Crippen LogP contribution is -2.52. The van der Waals surface area contributed by atoms with Crippen molar-refractivity contribution in [1.29, 1.82) is 0 Å². The van der Waals surface area contributed by atoms with Gasteiger partial charge in [-0.2, -0.15) is 4.31 Å². The molecule has 12 nitrogen and oxygen atoms in total. The van der Waals surface area contributed by atoms with E-state index in [4.69, 9.17) is 14.2 Å². The minimum absolute atomic E-state index is 0.0158. The average molecular weight is 696 g/mol. The number of amides is 2. The molecule has 0 aliphatic heterocycles. The number of nitrogens with zero attached hydrogens (tertiary/aromatic N) is 1. The molecule has 0 bridgehead atoms. The summed E-state index contributed by atoms with van der Waals surface area (Å²) >= 11 is 0. The highest BCUT2D eigenvalue weighted by Crippen LogP contribution is 2.29. The molecule has 0 radical (unpaired) electrons. The molecule has 3 aromatic carbocycles. The third-order valence-electron chi connectivity index (χ3n) is 8.00. The van der Waals surface area contributed by atoms with Crippen LogP contribution >= 0.6 is 0 Å². The van der Waals surface area contributed by atoms with Crippen molar-refractivity contribution in [2.75, 3.05) is 27.4 Å². The third-order valence-corrected chi connectivity index (χ3v) is 9.99. The molecule has 13 heteroatoms. The van der Waals surface area contributed by atoms with Crippen molar-refractivity contribution in [3.63, 3.8) is 0 Å². The van der Waals surface area contributed by atoms with Gasteiger partial charge in [0.1, 0.15) is 12.1 Å². The Bertz CT molecular complexity index is 1600. The third kappa shape index (κ3) is 10.4. The number of rotatable bonds is 17. The number of likely N-dealkylation sites (N-methyl/N-ethyl adjacent to an activating group) is 1. The van der Waals surface area contributed by atoms with E-state index in [1.165, 1.54) is 38.5 Å². The van der Waals surface area contributed by atoms with Crippen molar-refractivity contribution in [2.24, 2.45) is 0 Å². The number of ether oxygens (including phenoxy) is 3. The lowest BCUT2D eigenvalue weighted by Gasteiger charge is -2.30. The van der Waals surface area contributed by atoms with Gasteiger partial charge in [-0.05, 0) is 68.5 Å². The molecule has 0 aromatic heterocycles. The Morgan fingerprint density at radius 3 is 1.84 bits per heavy atom. The second-order valence-corrected chi connectivity index (χ2v) is 13.1. The molecule has 0 heterocycles. The summed E-state index contributed by atoms with van der Waals surface area (Å²) in [5.74, 6) is -2.27. The van der Waals surface area contributed by atoms with E-state index in [1.807, 2.05) is 60.7 Å². The van der Waals surface area contributed by atoms with E-state index in [1.54, 1.807) is 20.8 Å². The molecule has 3 rings (SSSR count). The Hall–Kier alpha value is -4.75. The zero-order valence-corrected chi connectivity index (χ0v) is 29.3. The summed E-state index contributed by atoms with van der Waals surface area (Å²) < 4.78 is 43.3. The number of benzene rings is 3. The maximum atomic E-state index is 13.8. The predicted octanol–water partition coefficient (Wildman–Crippen LogP) is 4.65. The smallest absolute Gasteiger partial charge is 0.407 e. The lowest BCUT2D eigenvalue weighted by molar-refractivity contribution is -0.148. The quantitative estimate of drug-likeness (QED) is 0.152. The normalized spacial score (nSPS) is 13.2. The van der Waals surface area contributed by atoms with Crippen LogP contribution in [0.2, 0.25) is 0 Å². The number of carbonyl (C=O) groups is 4. The second kappa shape index (κ2) is 18.7. The molecule has 2 N–H and O–H groups in total. The van der Waals surface area contributed by atoms with Crippen LogP contribution in [-0.2, 0) is 33.8 Å². The standard InChI is InChI=1S/C36H45N3O9S/c1-6-39(49(44,45)29-23-21-28(22-24-29)34(41)46-4)30(35(42)48-7-2)20-14-15-25(3)37-33(40)32(38-36(43)47-5)31(26-16-10-8-11-17-26)27-18-12-9-13-19-27/h8-13,16-19,21-25,30-32H,6-7,14-15,20H2,1-5H3,(H,37,40)(H,38,43). The molecule has 0 saturated heterocycles. The zero-order valence-electron chi connectivity index (χ0n) is 28.5. The molecule has 0 saturated carbocycles. The van der Waals surface area contributed by atoms with Gasteiger partial charge in [-0.3, -0.25) is 9.59 Å². The molecule has 3 aromatic rings. The van der Waals surface area contributed by atoms with Crippen molar-refractivity contribution in [3.8, 4) is 0 Å². The summed E-state index contributed by atoms with van der Waals surface area (Å²) in [4.78, 5) is 51.2. The van der Waals surface area contributed by atoms with Crippen LogP contribution in [0, 0.1) is 0 Å². The zero-order chi connectivity index (χ0) is 36.0. The monoisotopic (exact) mass is 695 g/mol. The van der Waals surface area contributed by atoms with Crippen LogP contribution in [0.25, 0.3) is 0 Å². The van der Waals surface area contributed by atoms with Gasteiger partial charge in [-0.25, -0.2) is 18.0 Å². The Morgan fingerprint density at radius 2 is 1.35 bits per heavy atom. The summed E-state index contributed by atoms with van der Waals surface area (Å²) in [5.41, 5.74) is 1.82. The Kier molecular flexibility index (Phi) is 14.8. The molecular weight excluding hydrogens is 650 g/mol. The number of hydrogen-bond acceptors (Lipinski definition) is 9. The predicted molar refractivity (Wildman–Crippen MR) is 183 cm³/mol. The summed E-state index contributed by atoms with van der Waals surface area (Å²) in [6.45, 7) is 5.10. The minimum atomic E-state index is -4.16. The fourth-order valence-corrected chi connectivity index (χ4v) is 7.22. The van der Waals surface area contributed by atoms with E-state index < -0.39 is 58.0 Å². The molecule has 49 heavy (non-hydrogen) atoms. The Labute approximate surface area is 288 Å². The fraction of sp³-hybridized carbons (Fsp3) is 0.389. The van der Waals surface area contributed by atoms with Gasteiger partial charge in [0.2, 0.25) is 15.9 Å². The molecule has 264 valence electrons. The van der Waals surface area contributed by atoms with Gasteiger partial charge in [0.05, 0.1) is 31.3 Å². The number of carbonyl (C=O) groups excluding carboxylic acids is 4. The van der Waals surface area contributed by atoms with Crippen molar-refractivity contribution in [1.82, 2.24) is 14.9 Å². The number of methoxy groups -OCH3 is 2. The minimum Gasteiger partial charge on any atom is -0.465 e. The molecule has 0 spiro atoms. The number of nitrogens with one attached hydrogen (secondary N) is 2. The second-order valence-electron chi connectivity index (χ2n) is 11.2. The van der Waals surface area contributed by atoms with Gasteiger partial charge in [0, 0.05) is 18.5 Å². The van der Waals surface area contributed by atoms with E-state index >= 15 is 0 Å². The Balaban J connectivity index is 1.79. The van der Waals surface area contributed by atoms with Gasteiger partial charge in [-0.15, -0.1) is 0 Å². The first kappa shape index (κ1) is 38.7. The molecule has 2 amide bonds. The molecule has 3 unspecified atom stereocenters. The lowest BCUT2D eigenvalue weighted by atomic mass is 9.84. The first-order valence-corrected chi connectivity index (χ1v) is 17.5. The Morgan fingerprint density at radius 1 is 0.776 bits per heavy atom. The van der Waals surface area contributed by atoms with Crippen LogP contribution in [-0.4, -0.2) is 82.2 Å². The van der Waals surface area contributed by atoms with Crippen LogP contribution in [0.1, 0.15) is 67.4 Å². The van der Waals surface area contributed by atoms with Crippen LogP contribution in [0.15, 0.2) is 89.8 Å². The molecule has 0 aliphatic carbocycles. The van der Waals surface area contributed by atoms with E-state index in [9.17, 15) is 27.6 Å². The largest absolute Gasteiger partial charge is 0.465 e. The first-order chi connectivity index (χ1) is 23.5. The van der Waals surface area contributed by atoms with E-state index in [0.717, 1.165) is 15.4 Å². The SMILES string of the molecule is CCOC(=O)C(CCCC(C)NC(=O)C(NC(=O)OC)C(c1ccccc1)c1ccccc1)N(CC)S(=O)(=O)c1ccc(C(=O)OC)cc1. The van der Waals surface area contributed by atoms with Gasteiger partial charge >= 0.3 is 18.0 Å². The van der Waals surface area contributed by atoms with Crippen molar-refractivity contribution >= 4 is 34.0 Å². The van der Waals surface area contributed by atoms with Crippen LogP contribution in [0.4, 0.5) is 4.79 Å². The maximum absolute atomic E-state index is 13.8. The topological polar surface area (TPSA) is 157 Å². The van der Waals surface area contributed by atoms with Crippen LogP contribution < -0.4 is 10.6 Å².